The minimum atomic E-state index is -0.495. The van der Waals surface area contributed by atoms with Crippen molar-refractivity contribution in [3.63, 3.8) is 0 Å². The van der Waals surface area contributed by atoms with Gasteiger partial charge in [0.2, 0.25) is 0 Å². The minimum absolute atomic E-state index is 0.209. The van der Waals surface area contributed by atoms with Crippen LogP contribution in [-0.4, -0.2) is 30.0 Å². The van der Waals surface area contributed by atoms with E-state index in [1.54, 1.807) is 0 Å². The molecule has 0 radical (unpaired) electrons. The number of ether oxygens (including phenoxy) is 1. The summed E-state index contributed by atoms with van der Waals surface area (Å²) in [5.41, 5.74) is -0.209. The van der Waals surface area contributed by atoms with E-state index in [1.807, 2.05) is 39.8 Å². The van der Waals surface area contributed by atoms with Gasteiger partial charge in [0.15, 0.2) is 0 Å². The number of nitrogens with one attached hydrogen (secondary N) is 1. The Hall–Kier alpha value is -0.840. The summed E-state index contributed by atoms with van der Waals surface area (Å²) in [5.74, 6) is 1.78. The number of aliphatic hydroxyl groups is 1. The highest BCUT2D eigenvalue weighted by atomic mass is 16.5. The second kappa shape index (κ2) is 6.19. The van der Waals surface area contributed by atoms with Crippen molar-refractivity contribution in [1.82, 2.24) is 5.32 Å². The highest BCUT2D eigenvalue weighted by Gasteiger charge is 2.13. The smallest absolute Gasteiger partial charge is 0.117 e. The normalized spacial score (nSPS) is 13.9. The maximum absolute atomic E-state index is 9.68. The Kier molecular flexibility index (Phi) is 5.18. The molecule has 1 rings (SSSR count). The quantitative estimate of drug-likeness (QED) is 0.798. The van der Waals surface area contributed by atoms with Crippen LogP contribution in [0.4, 0.5) is 0 Å². The van der Waals surface area contributed by atoms with Crippen LogP contribution in [0.2, 0.25) is 0 Å². The van der Waals surface area contributed by atoms with Gasteiger partial charge in [-0.15, -0.1) is 0 Å². The molecule has 0 amide bonds. The maximum Gasteiger partial charge on any atom is 0.117 e. The van der Waals surface area contributed by atoms with Gasteiger partial charge in [0, 0.05) is 6.54 Å². The highest BCUT2D eigenvalue weighted by Crippen LogP contribution is 2.07. The van der Waals surface area contributed by atoms with E-state index in [-0.39, 0.29) is 5.60 Å². The maximum atomic E-state index is 9.68. The van der Waals surface area contributed by atoms with E-state index in [1.165, 1.54) is 0 Å². The molecule has 17 heavy (non-hydrogen) atoms. The van der Waals surface area contributed by atoms with E-state index in [0.717, 1.165) is 11.5 Å². The molecule has 0 aromatic carbocycles. The molecule has 0 saturated carbocycles. The number of aryl methyl sites for hydroxylation is 1. The summed E-state index contributed by atoms with van der Waals surface area (Å²) in [6.45, 7) is 9.29. The zero-order valence-corrected chi connectivity index (χ0v) is 11.1. The first-order valence-electron chi connectivity index (χ1n) is 5.95. The van der Waals surface area contributed by atoms with E-state index in [9.17, 15) is 5.11 Å². The van der Waals surface area contributed by atoms with Gasteiger partial charge in [-0.2, -0.15) is 0 Å². The number of rotatable bonds is 6. The average molecular weight is 241 g/mol. The van der Waals surface area contributed by atoms with Crippen LogP contribution in [0.1, 0.15) is 32.3 Å². The molecule has 1 atom stereocenters. The summed E-state index contributed by atoms with van der Waals surface area (Å²) < 4.78 is 10.9. The molecule has 4 nitrogen and oxygen atoms in total. The van der Waals surface area contributed by atoms with Crippen LogP contribution in [0.15, 0.2) is 16.5 Å². The first kappa shape index (κ1) is 14.2. The summed E-state index contributed by atoms with van der Waals surface area (Å²) >= 11 is 0. The Morgan fingerprint density at radius 3 is 2.65 bits per heavy atom. The van der Waals surface area contributed by atoms with Crippen LogP contribution in [0.25, 0.3) is 0 Å². The average Bonchev–Trinajstić information content (AvgIpc) is 2.60. The molecule has 0 aliphatic heterocycles. The van der Waals surface area contributed by atoms with Gasteiger partial charge in [-0.1, -0.05) is 0 Å². The van der Waals surface area contributed by atoms with Crippen LogP contribution in [-0.2, 0) is 11.3 Å². The lowest BCUT2D eigenvalue weighted by Gasteiger charge is -2.22. The standard InChI is InChI=1S/C13H23NO3/c1-10-5-6-12(17-10)8-14-7-11(15)9-16-13(2,3)4/h5-6,11,14-15H,7-9H2,1-4H3. The Morgan fingerprint density at radius 2 is 2.12 bits per heavy atom. The molecule has 0 bridgehead atoms. The van der Waals surface area contributed by atoms with E-state index >= 15 is 0 Å². The molecule has 1 aromatic heterocycles. The van der Waals surface area contributed by atoms with Gasteiger partial charge in [0.25, 0.3) is 0 Å². The van der Waals surface area contributed by atoms with Gasteiger partial charge in [-0.05, 0) is 39.8 Å². The molecule has 1 unspecified atom stereocenters. The number of hydrogen-bond donors (Lipinski definition) is 2. The van der Waals surface area contributed by atoms with Crippen molar-refractivity contribution in [2.24, 2.45) is 0 Å². The van der Waals surface area contributed by atoms with Crippen LogP contribution in [0.3, 0.4) is 0 Å². The van der Waals surface area contributed by atoms with Gasteiger partial charge in [-0.25, -0.2) is 0 Å². The Balaban J connectivity index is 2.14. The molecule has 4 heteroatoms. The third-order valence-electron chi connectivity index (χ3n) is 2.18. The SMILES string of the molecule is Cc1ccc(CNCC(O)COC(C)(C)C)o1. The van der Waals surface area contributed by atoms with E-state index in [4.69, 9.17) is 9.15 Å². The fraction of sp³-hybridized carbons (Fsp3) is 0.692. The Bertz CT molecular complexity index is 328. The lowest BCUT2D eigenvalue weighted by molar-refractivity contribution is -0.0479. The molecule has 2 N–H and O–H groups in total. The molecule has 0 aliphatic rings. The van der Waals surface area contributed by atoms with Crippen LogP contribution in [0.5, 0.6) is 0 Å². The Labute approximate surface area is 103 Å². The van der Waals surface area contributed by atoms with E-state index in [0.29, 0.717) is 19.7 Å². The first-order valence-corrected chi connectivity index (χ1v) is 5.95. The molecule has 0 saturated heterocycles. The largest absolute Gasteiger partial charge is 0.465 e. The topological polar surface area (TPSA) is 54.6 Å². The summed E-state index contributed by atoms with van der Waals surface area (Å²) in [6, 6.07) is 3.86. The fourth-order valence-electron chi connectivity index (χ4n) is 1.35. The van der Waals surface area contributed by atoms with Crippen molar-refractivity contribution in [1.29, 1.82) is 0 Å². The fourth-order valence-corrected chi connectivity index (χ4v) is 1.35. The third-order valence-corrected chi connectivity index (χ3v) is 2.18. The number of aliphatic hydroxyl groups excluding tert-OH is 1. The summed E-state index contributed by atoms with van der Waals surface area (Å²) in [5, 5.41) is 12.8. The second-order valence-corrected chi connectivity index (χ2v) is 5.22. The van der Waals surface area contributed by atoms with Crippen molar-refractivity contribution in [3.05, 3.63) is 23.7 Å². The lowest BCUT2D eigenvalue weighted by Crippen LogP contribution is -2.33. The monoisotopic (exact) mass is 241 g/mol. The summed E-state index contributed by atoms with van der Waals surface area (Å²) in [4.78, 5) is 0. The molecule has 98 valence electrons. The van der Waals surface area contributed by atoms with Gasteiger partial charge in [-0.3, -0.25) is 0 Å². The van der Waals surface area contributed by atoms with Crippen molar-refractivity contribution in [2.75, 3.05) is 13.2 Å². The second-order valence-electron chi connectivity index (χ2n) is 5.22. The van der Waals surface area contributed by atoms with Crippen LogP contribution >= 0.6 is 0 Å². The minimum Gasteiger partial charge on any atom is -0.465 e. The van der Waals surface area contributed by atoms with Crippen molar-refractivity contribution in [2.45, 2.75) is 45.9 Å². The zero-order valence-electron chi connectivity index (χ0n) is 11.1. The predicted octanol–water partition coefficient (Wildman–Crippen LogP) is 1.85. The number of hydrogen-bond acceptors (Lipinski definition) is 4. The van der Waals surface area contributed by atoms with Gasteiger partial charge in [0.05, 0.1) is 24.9 Å². The summed E-state index contributed by atoms with van der Waals surface area (Å²) in [7, 11) is 0. The van der Waals surface area contributed by atoms with Gasteiger partial charge in [0.1, 0.15) is 11.5 Å². The van der Waals surface area contributed by atoms with Crippen molar-refractivity contribution < 1.29 is 14.3 Å². The molecular formula is C13H23NO3. The van der Waals surface area contributed by atoms with Crippen molar-refractivity contribution in [3.8, 4) is 0 Å². The number of furan rings is 1. The van der Waals surface area contributed by atoms with Crippen LogP contribution < -0.4 is 5.32 Å². The van der Waals surface area contributed by atoms with E-state index in [2.05, 4.69) is 5.32 Å². The lowest BCUT2D eigenvalue weighted by atomic mass is 10.2. The molecular weight excluding hydrogens is 218 g/mol. The molecule has 0 fully saturated rings. The summed E-state index contributed by atoms with van der Waals surface area (Å²) in [6.07, 6.45) is -0.495. The Morgan fingerprint density at radius 1 is 1.41 bits per heavy atom. The predicted molar refractivity (Wildman–Crippen MR) is 66.9 cm³/mol. The molecule has 1 aromatic rings. The third kappa shape index (κ3) is 6.46. The van der Waals surface area contributed by atoms with Crippen molar-refractivity contribution >= 4 is 0 Å². The zero-order chi connectivity index (χ0) is 12.9. The van der Waals surface area contributed by atoms with Gasteiger partial charge < -0.3 is 19.6 Å². The molecule has 0 spiro atoms. The molecule has 0 aliphatic carbocycles. The van der Waals surface area contributed by atoms with E-state index < -0.39 is 6.10 Å². The first-order chi connectivity index (χ1) is 7.87. The van der Waals surface area contributed by atoms with Gasteiger partial charge >= 0.3 is 0 Å². The molecule has 1 heterocycles. The highest BCUT2D eigenvalue weighted by molar-refractivity contribution is 5.05. The van der Waals surface area contributed by atoms with Crippen LogP contribution in [0, 0.1) is 6.92 Å².